The van der Waals surface area contributed by atoms with Crippen molar-refractivity contribution in [2.45, 2.75) is 46.6 Å². The minimum atomic E-state index is -0.464. The Hall–Kier alpha value is -1.10. The number of carbonyl (C=O) groups is 2. The second-order valence-electron chi connectivity index (χ2n) is 6.52. The Bertz CT molecular complexity index is 342. The molecule has 1 saturated heterocycles. The van der Waals surface area contributed by atoms with Crippen molar-refractivity contribution >= 4 is 11.9 Å². The summed E-state index contributed by atoms with van der Waals surface area (Å²) in [6.45, 7) is 9.14. The van der Waals surface area contributed by atoms with Crippen molar-refractivity contribution in [3.05, 3.63) is 0 Å². The summed E-state index contributed by atoms with van der Waals surface area (Å²) in [5.41, 5.74) is -0.464. The van der Waals surface area contributed by atoms with Crippen LogP contribution in [0.5, 0.6) is 0 Å². The molecule has 2 atom stereocenters. The zero-order valence-corrected chi connectivity index (χ0v) is 13.3. The fourth-order valence-corrected chi connectivity index (χ4v) is 2.36. The summed E-state index contributed by atoms with van der Waals surface area (Å²) in [5, 5.41) is 0. The van der Waals surface area contributed by atoms with Gasteiger partial charge in [-0.1, -0.05) is 27.7 Å². The average Bonchev–Trinajstić information content (AvgIpc) is 2.87. The van der Waals surface area contributed by atoms with E-state index in [1.807, 2.05) is 20.8 Å². The monoisotopic (exact) mass is 285 g/mol. The van der Waals surface area contributed by atoms with Gasteiger partial charge in [-0.25, -0.2) is 0 Å². The first kappa shape index (κ1) is 17.0. The average molecular weight is 285 g/mol. The topological polar surface area (TPSA) is 55.8 Å². The molecule has 20 heavy (non-hydrogen) atoms. The first-order valence-electron chi connectivity index (χ1n) is 7.24. The SMILES string of the molecule is COC(=O)C(C)CN(CC1CCCO1)C(=O)C(C)(C)C. The molecule has 1 amide bonds. The number of esters is 1. The van der Waals surface area contributed by atoms with Crippen LogP contribution in [-0.2, 0) is 19.1 Å². The van der Waals surface area contributed by atoms with E-state index in [1.54, 1.807) is 11.8 Å². The van der Waals surface area contributed by atoms with Gasteiger partial charge in [0.1, 0.15) is 0 Å². The van der Waals surface area contributed by atoms with Crippen LogP contribution in [-0.4, -0.2) is 49.7 Å². The standard InChI is InChI=1S/C15H27NO4/c1-11(13(17)19-5)9-16(14(18)15(2,3)4)10-12-7-6-8-20-12/h11-12H,6-10H2,1-5H3. The number of carbonyl (C=O) groups excluding carboxylic acids is 2. The van der Waals surface area contributed by atoms with Crippen LogP contribution >= 0.6 is 0 Å². The lowest BCUT2D eigenvalue weighted by molar-refractivity contribution is -0.148. The first-order chi connectivity index (χ1) is 9.25. The Morgan fingerprint density at radius 1 is 1.40 bits per heavy atom. The number of ether oxygens (including phenoxy) is 2. The molecule has 5 nitrogen and oxygen atoms in total. The van der Waals surface area contributed by atoms with Crippen LogP contribution in [0.1, 0.15) is 40.5 Å². The van der Waals surface area contributed by atoms with E-state index < -0.39 is 5.41 Å². The number of rotatable bonds is 5. The molecule has 5 heteroatoms. The van der Waals surface area contributed by atoms with Gasteiger partial charge in [0.2, 0.25) is 5.91 Å². The predicted molar refractivity (Wildman–Crippen MR) is 76.2 cm³/mol. The van der Waals surface area contributed by atoms with Crippen molar-refractivity contribution in [2.24, 2.45) is 11.3 Å². The predicted octanol–water partition coefficient (Wildman–Crippen LogP) is 1.85. The molecule has 1 aliphatic heterocycles. The van der Waals surface area contributed by atoms with E-state index >= 15 is 0 Å². The van der Waals surface area contributed by atoms with Crippen LogP contribution < -0.4 is 0 Å². The fraction of sp³-hybridized carbons (Fsp3) is 0.867. The molecule has 0 aromatic heterocycles. The van der Waals surface area contributed by atoms with Crippen molar-refractivity contribution in [3.8, 4) is 0 Å². The van der Waals surface area contributed by atoms with Gasteiger partial charge in [-0.05, 0) is 12.8 Å². The summed E-state index contributed by atoms with van der Waals surface area (Å²) in [7, 11) is 1.37. The highest BCUT2D eigenvalue weighted by molar-refractivity contribution is 5.82. The van der Waals surface area contributed by atoms with E-state index in [2.05, 4.69) is 0 Å². The summed E-state index contributed by atoms with van der Waals surface area (Å²) in [4.78, 5) is 25.8. The van der Waals surface area contributed by atoms with Gasteiger partial charge in [-0.3, -0.25) is 9.59 Å². The molecule has 0 spiro atoms. The highest BCUT2D eigenvalue weighted by Crippen LogP contribution is 2.21. The highest BCUT2D eigenvalue weighted by Gasteiger charge is 2.32. The Morgan fingerprint density at radius 3 is 2.50 bits per heavy atom. The van der Waals surface area contributed by atoms with Crippen molar-refractivity contribution in [1.82, 2.24) is 4.90 Å². The van der Waals surface area contributed by atoms with Gasteiger partial charge in [0.05, 0.1) is 19.1 Å². The first-order valence-corrected chi connectivity index (χ1v) is 7.24. The molecule has 0 bridgehead atoms. The molecule has 0 aromatic rings. The van der Waals surface area contributed by atoms with Crippen LogP contribution in [0.15, 0.2) is 0 Å². The van der Waals surface area contributed by atoms with E-state index in [0.29, 0.717) is 13.1 Å². The zero-order chi connectivity index (χ0) is 15.3. The quantitative estimate of drug-likeness (QED) is 0.723. The number of amides is 1. The molecule has 0 radical (unpaired) electrons. The number of methoxy groups -OCH3 is 1. The Balaban J connectivity index is 2.72. The third-order valence-electron chi connectivity index (χ3n) is 3.47. The maximum absolute atomic E-state index is 12.5. The van der Waals surface area contributed by atoms with Crippen molar-refractivity contribution in [3.63, 3.8) is 0 Å². The van der Waals surface area contributed by atoms with E-state index in [9.17, 15) is 9.59 Å². The maximum atomic E-state index is 12.5. The smallest absolute Gasteiger partial charge is 0.310 e. The van der Waals surface area contributed by atoms with Crippen LogP contribution in [0.4, 0.5) is 0 Å². The molecule has 1 heterocycles. The summed E-state index contributed by atoms with van der Waals surface area (Å²) in [6, 6.07) is 0. The molecular weight excluding hydrogens is 258 g/mol. The minimum Gasteiger partial charge on any atom is -0.469 e. The second kappa shape index (κ2) is 7.07. The molecule has 1 fully saturated rings. The largest absolute Gasteiger partial charge is 0.469 e. The Labute approximate surface area is 121 Å². The van der Waals surface area contributed by atoms with Crippen LogP contribution in [0.25, 0.3) is 0 Å². The number of nitrogens with zero attached hydrogens (tertiary/aromatic N) is 1. The molecule has 116 valence electrons. The van der Waals surface area contributed by atoms with Gasteiger partial charge < -0.3 is 14.4 Å². The van der Waals surface area contributed by atoms with Crippen LogP contribution in [0, 0.1) is 11.3 Å². The van der Waals surface area contributed by atoms with E-state index in [4.69, 9.17) is 9.47 Å². The van der Waals surface area contributed by atoms with Gasteiger partial charge in [-0.2, -0.15) is 0 Å². The number of hydrogen-bond donors (Lipinski definition) is 0. The summed E-state index contributed by atoms with van der Waals surface area (Å²) in [6.07, 6.45) is 2.10. The normalized spacial score (nSPS) is 20.6. The molecular formula is C15H27NO4. The fourth-order valence-electron chi connectivity index (χ4n) is 2.36. The zero-order valence-electron chi connectivity index (χ0n) is 13.3. The van der Waals surface area contributed by atoms with Crippen LogP contribution in [0.2, 0.25) is 0 Å². The summed E-state index contributed by atoms with van der Waals surface area (Å²) < 4.78 is 10.3. The van der Waals surface area contributed by atoms with Gasteiger partial charge in [-0.15, -0.1) is 0 Å². The Morgan fingerprint density at radius 2 is 2.05 bits per heavy atom. The molecule has 2 unspecified atom stereocenters. The molecule has 0 N–H and O–H groups in total. The molecule has 0 aliphatic carbocycles. The highest BCUT2D eigenvalue weighted by atomic mass is 16.5. The van der Waals surface area contributed by atoms with Gasteiger partial charge in [0.25, 0.3) is 0 Å². The third kappa shape index (κ3) is 4.78. The van der Waals surface area contributed by atoms with Gasteiger partial charge in [0, 0.05) is 25.1 Å². The molecule has 1 aliphatic rings. The lowest BCUT2D eigenvalue weighted by atomic mass is 9.94. The molecule has 0 saturated carbocycles. The van der Waals surface area contributed by atoms with Crippen LogP contribution in [0.3, 0.4) is 0 Å². The van der Waals surface area contributed by atoms with Crippen molar-refractivity contribution in [1.29, 1.82) is 0 Å². The second-order valence-corrected chi connectivity index (χ2v) is 6.52. The number of hydrogen-bond acceptors (Lipinski definition) is 4. The summed E-state index contributed by atoms with van der Waals surface area (Å²) >= 11 is 0. The van der Waals surface area contributed by atoms with E-state index in [0.717, 1.165) is 19.4 Å². The minimum absolute atomic E-state index is 0.0451. The third-order valence-corrected chi connectivity index (χ3v) is 3.47. The van der Waals surface area contributed by atoms with Crippen molar-refractivity contribution in [2.75, 3.05) is 26.8 Å². The molecule has 0 aromatic carbocycles. The van der Waals surface area contributed by atoms with Gasteiger partial charge >= 0.3 is 5.97 Å². The van der Waals surface area contributed by atoms with Gasteiger partial charge in [0.15, 0.2) is 0 Å². The van der Waals surface area contributed by atoms with E-state index in [1.165, 1.54) is 7.11 Å². The van der Waals surface area contributed by atoms with E-state index in [-0.39, 0.29) is 23.9 Å². The van der Waals surface area contributed by atoms with Crippen molar-refractivity contribution < 1.29 is 19.1 Å². The molecule has 1 rings (SSSR count). The lowest BCUT2D eigenvalue weighted by Gasteiger charge is -2.32. The summed E-state index contributed by atoms with van der Waals surface area (Å²) in [5.74, 6) is -0.569. The lowest BCUT2D eigenvalue weighted by Crippen LogP contribution is -2.46. The maximum Gasteiger partial charge on any atom is 0.310 e. The Kier molecular flexibility index (Phi) is 5.99.